The molecule has 1 aliphatic heterocycles. The molecule has 0 aliphatic carbocycles. The normalized spacial score (nSPS) is 13.1. The van der Waals surface area contributed by atoms with Crippen molar-refractivity contribution in [2.75, 3.05) is 18.9 Å². The Morgan fingerprint density at radius 2 is 1.96 bits per heavy atom. The number of pyridine rings is 1. The summed E-state index contributed by atoms with van der Waals surface area (Å²) in [5.74, 6) is 0.883. The second kappa shape index (κ2) is 5.72. The maximum Gasteiger partial charge on any atom is 0.174 e. The largest absolute Gasteiger partial charge is 0.486 e. The van der Waals surface area contributed by atoms with E-state index in [1.165, 1.54) is 6.07 Å². The van der Waals surface area contributed by atoms with Crippen LogP contribution in [0, 0.1) is 5.82 Å². The van der Waals surface area contributed by atoms with Crippen LogP contribution in [0.4, 0.5) is 10.1 Å². The van der Waals surface area contributed by atoms with Crippen molar-refractivity contribution in [3.8, 4) is 23.0 Å². The molecule has 2 N–H and O–H groups in total. The lowest BCUT2D eigenvalue weighted by atomic mass is 10.1. The second-order valence-electron chi connectivity index (χ2n) is 5.20. The fourth-order valence-corrected chi connectivity index (χ4v) is 2.70. The molecule has 0 saturated carbocycles. The monoisotopic (exact) mass is 346 g/mol. The Hall–Kier alpha value is -2.73. The number of hydrogen-bond acceptors (Lipinski definition) is 5. The zero-order chi connectivity index (χ0) is 16.7. The molecule has 24 heavy (non-hydrogen) atoms. The molecule has 7 heteroatoms. The molecule has 122 valence electrons. The van der Waals surface area contributed by atoms with E-state index in [4.69, 9.17) is 31.5 Å². The highest BCUT2D eigenvalue weighted by Gasteiger charge is 2.20. The quantitative estimate of drug-likeness (QED) is 0.705. The Kier molecular flexibility index (Phi) is 3.54. The van der Waals surface area contributed by atoms with Crippen molar-refractivity contribution in [2.24, 2.45) is 0 Å². The number of benzene rings is 2. The van der Waals surface area contributed by atoms with Crippen LogP contribution in [-0.4, -0.2) is 18.2 Å². The van der Waals surface area contributed by atoms with Crippen LogP contribution in [0.15, 0.2) is 36.5 Å². The predicted molar refractivity (Wildman–Crippen MR) is 88.6 cm³/mol. The first kappa shape index (κ1) is 14.8. The van der Waals surface area contributed by atoms with Crippen LogP contribution in [0.3, 0.4) is 0 Å². The van der Waals surface area contributed by atoms with E-state index in [2.05, 4.69) is 4.98 Å². The molecule has 5 nitrogen and oxygen atoms in total. The van der Waals surface area contributed by atoms with E-state index >= 15 is 0 Å². The molecule has 2 aromatic carbocycles. The van der Waals surface area contributed by atoms with E-state index in [0.717, 1.165) is 6.07 Å². The Balaban J connectivity index is 1.87. The van der Waals surface area contributed by atoms with Gasteiger partial charge in [-0.1, -0.05) is 11.6 Å². The summed E-state index contributed by atoms with van der Waals surface area (Å²) in [6.45, 7) is 0.889. The number of anilines is 1. The summed E-state index contributed by atoms with van der Waals surface area (Å²) in [6, 6.07) is 7.67. The van der Waals surface area contributed by atoms with E-state index < -0.39 is 5.82 Å². The Bertz CT molecular complexity index is 949. The third kappa shape index (κ3) is 2.45. The molecule has 1 aromatic heterocycles. The summed E-state index contributed by atoms with van der Waals surface area (Å²) in [4.78, 5) is 4.29. The topological polar surface area (TPSA) is 66.6 Å². The maximum atomic E-state index is 14.1. The van der Waals surface area contributed by atoms with Crippen molar-refractivity contribution >= 4 is 28.2 Å². The van der Waals surface area contributed by atoms with Crippen LogP contribution in [0.1, 0.15) is 0 Å². The first-order valence-corrected chi connectivity index (χ1v) is 7.61. The molecule has 0 radical (unpaired) electrons. The molecular formula is C17H12ClFN2O3. The SMILES string of the molecule is Nc1cc(F)c(Oc2ccnc3ccc4c(c23)OCCO4)cc1Cl. The van der Waals surface area contributed by atoms with Gasteiger partial charge < -0.3 is 19.9 Å². The van der Waals surface area contributed by atoms with Crippen molar-refractivity contribution in [1.82, 2.24) is 4.98 Å². The van der Waals surface area contributed by atoms with Gasteiger partial charge in [0.2, 0.25) is 0 Å². The lowest BCUT2D eigenvalue weighted by Gasteiger charge is -2.21. The van der Waals surface area contributed by atoms with Gasteiger partial charge >= 0.3 is 0 Å². The van der Waals surface area contributed by atoms with Crippen molar-refractivity contribution in [1.29, 1.82) is 0 Å². The summed E-state index contributed by atoms with van der Waals surface area (Å²) in [5.41, 5.74) is 6.39. The van der Waals surface area contributed by atoms with Crippen molar-refractivity contribution in [2.45, 2.75) is 0 Å². The minimum atomic E-state index is -0.608. The highest BCUT2D eigenvalue weighted by atomic mass is 35.5. The Morgan fingerprint density at radius 3 is 2.83 bits per heavy atom. The molecule has 0 amide bonds. The first-order valence-electron chi connectivity index (χ1n) is 7.23. The van der Waals surface area contributed by atoms with Gasteiger partial charge in [-0.3, -0.25) is 4.98 Å². The van der Waals surface area contributed by atoms with Crippen LogP contribution in [-0.2, 0) is 0 Å². The number of rotatable bonds is 2. The first-order chi connectivity index (χ1) is 11.6. The number of nitrogens with two attached hydrogens (primary N) is 1. The van der Waals surface area contributed by atoms with Crippen molar-refractivity contribution in [3.05, 3.63) is 47.4 Å². The molecular weight excluding hydrogens is 335 g/mol. The minimum absolute atomic E-state index is 0.0315. The third-order valence-electron chi connectivity index (χ3n) is 3.64. The van der Waals surface area contributed by atoms with Crippen LogP contribution in [0.2, 0.25) is 5.02 Å². The second-order valence-corrected chi connectivity index (χ2v) is 5.61. The van der Waals surface area contributed by atoms with E-state index in [0.29, 0.717) is 41.4 Å². The van der Waals surface area contributed by atoms with Crippen LogP contribution in [0.25, 0.3) is 10.9 Å². The number of aromatic nitrogens is 1. The zero-order valence-corrected chi connectivity index (χ0v) is 13.1. The molecule has 3 aromatic rings. The molecule has 0 spiro atoms. The molecule has 2 heterocycles. The fourth-order valence-electron chi connectivity index (χ4n) is 2.55. The average molecular weight is 347 g/mol. The van der Waals surface area contributed by atoms with Gasteiger partial charge in [-0.25, -0.2) is 4.39 Å². The summed E-state index contributed by atoms with van der Waals surface area (Å²) >= 11 is 5.96. The summed E-state index contributed by atoms with van der Waals surface area (Å²) in [5, 5.41) is 0.827. The molecule has 1 aliphatic rings. The summed E-state index contributed by atoms with van der Waals surface area (Å²) in [6.07, 6.45) is 1.57. The molecule has 0 saturated heterocycles. The average Bonchev–Trinajstić information content (AvgIpc) is 2.59. The van der Waals surface area contributed by atoms with Crippen LogP contribution >= 0.6 is 11.6 Å². The smallest absolute Gasteiger partial charge is 0.174 e. The third-order valence-corrected chi connectivity index (χ3v) is 3.97. The van der Waals surface area contributed by atoms with Gasteiger partial charge in [0.15, 0.2) is 23.1 Å². The predicted octanol–water partition coefficient (Wildman–Crippen LogP) is 4.17. The number of nitrogens with zero attached hydrogens (tertiary/aromatic N) is 1. The van der Waals surface area contributed by atoms with E-state index in [1.807, 2.05) is 0 Å². The Labute approximate surface area is 141 Å². The van der Waals surface area contributed by atoms with Crippen molar-refractivity contribution in [3.63, 3.8) is 0 Å². The van der Waals surface area contributed by atoms with Gasteiger partial charge in [-0.15, -0.1) is 0 Å². The standard InChI is InChI=1S/C17H12ClFN2O3/c18-9-7-15(10(19)8-11(9)20)24-13-3-4-21-12-1-2-14-17(16(12)13)23-6-5-22-14/h1-4,7-8H,5-6,20H2. The number of halogens is 2. The van der Waals surface area contributed by atoms with E-state index in [1.54, 1.807) is 24.4 Å². The molecule has 0 fully saturated rings. The van der Waals surface area contributed by atoms with Crippen LogP contribution < -0.4 is 19.9 Å². The summed E-state index contributed by atoms with van der Waals surface area (Å²) < 4.78 is 31.1. The number of ether oxygens (including phenoxy) is 3. The molecule has 0 unspecified atom stereocenters. The van der Waals surface area contributed by atoms with Gasteiger partial charge in [0, 0.05) is 18.3 Å². The fraction of sp³-hybridized carbons (Fsp3) is 0.118. The van der Waals surface area contributed by atoms with Crippen LogP contribution in [0.5, 0.6) is 23.0 Å². The van der Waals surface area contributed by atoms with E-state index in [-0.39, 0.29) is 16.5 Å². The Morgan fingerprint density at radius 1 is 1.12 bits per heavy atom. The maximum absolute atomic E-state index is 14.1. The lowest BCUT2D eigenvalue weighted by Crippen LogP contribution is -2.15. The zero-order valence-electron chi connectivity index (χ0n) is 12.4. The van der Waals surface area contributed by atoms with Gasteiger partial charge in [-0.2, -0.15) is 0 Å². The summed E-state index contributed by atoms with van der Waals surface area (Å²) in [7, 11) is 0. The van der Waals surface area contributed by atoms with Gasteiger partial charge in [0.25, 0.3) is 0 Å². The number of nitrogen functional groups attached to an aromatic ring is 1. The molecule has 0 bridgehead atoms. The number of hydrogen-bond donors (Lipinski definition) is 1. The van der Waals surface area contributed by atoms with E-state index in [9.17, 15) is 4.39 Å². The molecule has 4 rings (SSSR count). The highest BCUT2D eigenvalue weighted by Crippen LogP contribution is 2.43. The van der Waals surface area contributed by atoms with Gasteiger partial charge in [0.1, 0.15) is 19.0 Å². The van der Waals surface area contributed by atoms with Crippen molar-refractivity contribution < 1.29 is 18.6 Å². The highest BCUT2D eigenvalue weighted by molar-refractivity contribution is 6.33. The molecule has 0 atom stereocenters. The van der Waals surface area contributed by atoms with Gasteiger partial charge in [0.05, 0.1) is 21.6 Å². The van der Waals surface area contributed by atoms with Gasteiger partial charge in [-0.05, 0) is 18.2 Å². The lowest BCUT2D eigenvalue weighted by molar-refractivity contribution is 0.173. The minimum Gasteiger partial charge on any atom is -0.486 e. The number of fused-ring (bicyclic) bond motifs is 3.